The number of hydrogen-bond donors (Lipinski definition) is 2. The molecule has 1 fully saturated rings. The molecule has 2 N–H and O–H groups in total. The van der Waals surface area contributed by atoms with Crippen LogP contribution in [0.1, 0.15) is 37.4 Å². The number of halogens is 1. The van der Waals surface area contributed by atoms with Crippen LogP contribution in [0, 0.1) is 11.7 Å². The summed E-state index contributed by atoms with van der Waals surface area (Å²) in [6, 6.07) is 1.32. The Morgan fingerprint density at radius 1 is 1.40 bits per heavy atom. The second-order valence-electron chi connectivity index (χ2n) is 5.49. The first-order valence-electron chi connectivity index (χ1n) is 7.21. The van der Waals surface area contributed by atoms with Gasteiger partial charge in [0.15, 0.2) is 0 Å². The lowest BCUT2D eigenvalue weighted by Gasteiger charge is -2.28. The van der Waals surface area contributed by atoms with Crippen molar-refractivity contribution in [1.29, 1.82) is 0 Å². The maximum absolute atomic E-state index is 13.0. The number of rotatable bonds is 6. The molecule has 1 aliphatic rings. The van der Waals surface area contributed by atoms with Crippen molar-refractivity contribution in [3.8, 4) is 0 Å². The molecule has 1 aromatic heterocycles. The van der Waals surface area contributed by atoms with E-state index in [0.29, 0.717) is 24.1 Å². The van der Waals surface area contributed by atoms with Crippen molar-refractivity contribution in [1.82, 2.24) is 10.3 Å². The highest BCUT2D eigenvalue weighted by molar-refractivity contribution is 5.13. The molecule has 4 nitrogen and oxygen atoms in total. The standard InChI is InChI=1S/C15H23FN2O2/c1-20-14-4-2-11(3-5-14)7-17-10-15(19)12-6-13(16)9-18-8-12/h6,8-9,11,14-15,17,19H,2-5,7,10H2,1H3. The summed E-state index contributed by atoms with van der Waals surface area (Å²) >= 11 is 0. The van der Waals surface area contributed by atoms with Gasteiger partial charge in [-0.3, -0.25) is 4.98 Å². The Kier molecular flexibility index (Phi) is 5.88. The van der Waals surface area contributed by atoms with Gasteiger partial charge in [-0.25, -0.2) is 4.39 Å². The molecule has 0 radical (unpaired) electrons. The molecule has 0 saturated heterocycles. The minimum absolute atomic E-state index is 0.412. The van der Waals surface area contributed by atoms with E-state index >= 15 is 0 Å². The number of hydrogen-bond acceptors (Lipinski definition) is 4. The maximum atomic E-state index is 13.0. The molecule has 1 saturated carbocycles. The van der Waals surface area contributed by atoms with Crippen molar-refractivity contribution < 1.29 is 14.2 Å². The van der Waals surface area contributed by atoms with Crippen LogP contribution < -0.4 is 5.32 Å². The molecule has 112 valence electrons. The van der Waals surface area contributed by atoms with Gasteiger partial charge in [0.1, 0.15) is 5.82 Å². The lowest BCUT2D eigenvalue weighted by atomic mass is 9.87. The number of aliphatic hydroxyl groups is 1. The molecule has 1 aliphatic carbocycles. The number of nitrogens with zero attached hydrogens (tertiary/aromatic N) is 1. The van der Waals surface area contributed by atoms with Gasteiger partial charge in [-0.1, -0.05) is 0 Å². The molecule has 1 unspecified atom stereocenters. The zero-order valence-electron chi connectivity index (χ0n) is 11.9. The normalized spacial score (nSPS) is 24.6. The number of nitrogens with one attached hydrogen (secondary N) is 1. The van der Waals surface area contributed by atoms with Crippen LogP contribution in [0.4, 0.5) is 4.39 Å². The van der Waals surface area contributed by atoms with Gasteiger partial charge >= 0.3 is 0 Å². The van der Waals surface area contributed by atoms with E-state index < -0.39 is 11.9 Å². The van der Waals surface area contributed by atoms with E-state index in [9.17, 15) is 9.50 Å². The summed E-state index contributed by atoms with van der Waals surface area (Å²) in [5.74, 6) is 0.221. The molecule has 5 heteroatoms. The molecular weight excluding hydrogens is 259 g/mol. The SMILES string of the molecule is COC1CCC(CNCC(O)c2cncc(F)c2)CC1. The Morgan fingerprint density at radius 2 is 2.15 bits per heavy atom. The summed E-state index contributed by atoms with van der Waals surface area (Å²) in [6.45, 7) is 1.31. The lowest BCUT2D eigenvalue weighted by molar-refractivity contribution is 0.0561. The van der Waals surface area contributed by atoms with Gasteiger partial charge in [-0.2, -0.15) is 0 Å². The van der Waals surface area contributed by atoms with Gasteiger partial charge in [0.25, 0.3) is 0 Å². The molecule has 0 amide bonds. The molecule has 1 heterocycles. The zero-order chi connectivity index (χ0) is 14.4. The van der Waals surface area contributed by atoms with Gasteiger partial charge in [0.2, 0.25) is 0 Å². The van der Waals surface area contributed by atoms with Crippen molar-refractivity contribution in [3.05, 3.63) is 29.8 Å². The Balaban J connectivity index is 1.68. The van der Waals surface area contributed by atoms with Crippen LogP contribution >= 0.6 is 0 Å². The maximum Gasteiger partial charge on any atom is 0.141 e. The number of pyridine rings is 1. The molecule has 2 rings (SSSR count). The molecule has 1 aromatic rings. The van der Waals surface area contributed by atoms with Gasteiger partial charge in [0.05, 0.1) is 18.4 Å². The van der Waals surface area contributed by atoms with Crippen LogP contribution in [-0.4, -0.2) is 36.4 Å². The smallest absolute Gasteiger partial charge is 0.141 e. The summed E-state index contributed by atoms with van der Waals surface area (Å²) in [6.07, 6.45) is 6.87. The van der Waals surface area contributed by atoms with E-state index in [0.717, 1.165) is 38.4 Å². The highest BCUT2D eigenvalue weighted by Gasteiger charge is 2.20. The van der Waals surface area contributed by atoms with Crippen LogP contribution in [-0.2, 0) is 4.74 Å². The average molecular weight is 282 g/mol. The molecule has 20 heavy (non-hydrogen) atoms. The molecular formula is C15H23FN2O2. The predicted octanol–water partition coefficient (Wildman–Crippen LogP) is 2.05. The Labute approximate surface area is 119 Å². The third-order valence-electron chi connectivity index (χ3n) is 4.01. The van der Waals surface area contributed by atoms with Gasteiger partial charge in [-0.05, 0) is 44.2 Å². The molecule has 1 atom stereocenters. The number of aliphatic hydroxyl groups excluding tert-OH is 1. The minimum atomic E-state index is -0.714. The topological polar surface area (TPSA) is 54.4 Å². The van der Waals surface area contributed by atoms with E-state index in [1.165, 1.54) is 12.3 Å². The number of ether oxygens (including phenoxy) is 1. The Hall–Kier alpha value is -1.04. The summed E-state index contributed by atoms with van der Waals surface area (Å²) in [7, 11) is 1.77. The van der Waals surface area contributed by atoms with Crippen molar-refractivity contribution in [2.45, 2.75) is 37.9 Å². The predicted molar refractivity (Wildman–Crippen MR) is 74.8 cm³/mol. The zero-order valence-corrected chi connectivity index (χ0v) is 11.9. The average Bonchev–Trinajstić information content (AvgIpc) is 2.48. The van der Waals surface area contributed by atoms with Crippen LogP contribution in [0.15, 0.2) is 18.5 Å². The van der Waals surface area contributed by atoms with Crippen molar-refractivity contribution in [2.75, 3.05) is 20.2 Å². The van der Waals surface area contributed by atoms with E-state index in [4.69, 9.17) is 4.74 Å². The summed E-state index contributed by atoms with van der Waals surface area (Å²) in [5, 5.41) is 13.2. The molecule has 0 spiro atoms. The third-order valence-corrected chi connectivity index (χ3v) is 4.01. The number of aromatic nitrogens is 1. The third kappa shape index (κ3) is 4.51. The lowest BCUT2D eigenvalue weighted by Crippen LogP contribution is -2.31. The van der Waals surface area contributed by atoms with Gasteiger partial charge in [-0.15, -0.1) is 0 Å². The summed E-state index contributed by atoms with van der Waals surface area (Å²) in [5.41, 5.74) is 0.514. The highest BCUT2D eigenvalue weighted by atomic mass is 19.1. The van der Waals surface area contributed by atoms with Crippen LogP contribution in [0.25, 0.3) is 0 Å². The Morgan fingerprint density at radius 3 is 2.80 bits per heavy atom. The second-order valence-corrected chi connectivity index (χ2v) is 5.49. The minimum Gasteiger partial charge on any atom is -0.387 e. The Bertz CT molecular complexity index is 409. The van der Waals surface area contributed by atoms with Crippen LogP contribution in [0.5, 0.6) is 0 Å². The largest absolute Gasteiger partial charge is 0.387 e. The van der Waals surface area contributed by atoms with E-state index in [-0.39, 0.29) is 0 Å². The molecule has 0 bridgehead atoms. The van der Waals surface area contributed by atoms with Crippen molar-refractivity contribution >= 4 is 0 Å². The summed E-state index contributed by atoms with van der Waals surface area (Å²) < 4.78 is 18.4. The fourth-order valence-corrected chi connectivity index (χ4v) is 2.72. The van der Waals surface area contributed by atoms with Crippen molar-refractivity contribution in [3.63, 3.8) is 0 Å². The molecule has 0 aliphatic heterocycles. The second kappa shape index (κ2) is 7.67. The van der Waals surface area contributed by atoms with Crippen LogP contribution in [0.2, 0.25) is 0 Å². The first-order chi connectivity index (χ1) is 9.69. The van der Waals surface area contributed by atoms with Gasteiger partial charge in [0, 0.05) is 25.4 Å². The fraction of sp³-hybridized carbons (Fsp3) is 0.667. The monoisotopic (exact) mass is 282 g/mol. The molecule has 0 aromatic carbocycles. The van der Waals surface area contributed by atoms with E-state index in [2.05, 4.69) is 10.3 Å². The van der Waals surface area contributed by atoms with Crippen LogP contribution in [0.3, 0.4) is 0 Å². The number of methoxy groups -OCH3 is 1. The van der Waals surface area contributed by atoms with Crippen molar-refractivity contribution in [2.24, 2.45) is 5.92 Å². The first kappa shape index (κ1) is 15.4. The van der Waals surface area contributed by atoms with Gasteiger partial charge < -0.3 is 15.2 Å². The fourth-order valence-electron chi connectivity index (χ4n) is 2.72. The van der Waals surface area contributed by atoms with E-state index in [1.807, 2.05) is 0 Å². The summed E-state index contributed by atoms with van der Waals surface area (Å²) in [4.78, 5) is 3.74. The quantitative estimate of drug-likeness (QED) is 0.838. The highest BCUT2D eigenvalue weighted by Crippen LogP contribution is 2.25. The van der Waals surface area contributed by atoms with E-state index in [1.54, 1.807) is 7.11 Å². The first-order valence-corrected chi connectivity index (χ1v) is 7.21.